The highest BCUT2D eigenvalue weighted by molar-refractivity contribution is 5.42. The van der Waals surface area contributed by atoms with Gasteiger partial charge in [-0.05, 0) is 0 Å². The molecule has 11 heavy (non-hydrogen) atoms. The minimum absolute atomic E-state index is 0.608. The average molecular weight is 149 g/mol. The van der Waals surface area contributed by atoms with Gasteiger partial charge in [-0.25, -0.2) is 9.97 Å². The van der Waals surface area contributed by atoms with Crippen LogP contribution in [0.2, 0.25) is 0 Å². The van der Waals surface area contributed by atoms with Gasteiger partial charge in [0.15, 0.2) is 0 Å². The highest BCUT2D eigenvalue weighted by Gasteiger charge is 1.99. The Morgan fingerprint density at radius 3 is 3.09 bits per heavy atom. The molecule has 0 radical (unpaired) electrons. The van der Waals surface area contributed by atoms with Crippen LogP contribution in [-0.4, -0.2) is 26.6 Å². The first-order valence-corrected chi connectivity index (χ1v) is 3.24. The number of imidazole rings is 1. The second-order valence-electron chi connectivity index (χ2n) is 2.05. The number of rotatable bonds is 1. The fraction of sp³-hybridized carbons (Fsp3) is 0.167. The summed E-state index contributed by atoms with van der Waals surface area (Å²) in [4.78, 5) is 8.02. The molecule has 0 bridgehead atoms. The number of nitrogens with one attached hydrogen (secondary N) is 1. The van der Waals surface area contributed by atoms with Crippen molar-refractivity contribution in [3.05, 3.63) is 18.6 Å². The fourth-order valence-electron chi connectivity index (χ4n) is 0.905. The van der Waals surface area contributed by atoms with E-state index in [1.807, 2.05) is 7.05 Å². The summed E-state index contributed by atoms with van der Waals surface area (Å²) in [5.74, 6) is 1.45. The van der Waals surface area contributed by atoms with E-state index in [1.165, 1.54) is 0 Å². The molecule has 0 aliphatic carbocycles. The highest BCUT2D eigenvalue weighted by atomic mass is 15.3. The molecule has 2 rings (SSSR count). The first kappa shape index (κ1) is 6.09. The second-order valence-corrected chi connectivity index (χ2v) is 2.05. The Hall–Kier alpha value is -1.65. The van der Waals surface area contributed by atoms with Gasteiger partial charge in [-0.1, -0.05) is 0 Å². The van der Waals surface area contributed by atoms with E-state index in [0.29, 0.717) is 5.78 Å². The van der Waals surface area contributed by atoms with Gasteiger partial charge in [-0.2, -0.15) is 9.61 Å². The molecule has 2 aromatic heterocycles. The molecule has 5 heteroatoms. The van der Waals surface area contributed by atoms with Crippen LogP contribution in [0.5, 0.6) is 0 Å². The molecule has 0 aliphatic rings. The Labute approximate surface area is 63.1 Å². The summed E-state index contributed by atoms with van der Waals surface area (Å²) in [7, 11) is 1.82. The lowest BCUT2D eigenvalue weighted by atomic mass is 10.7. The van der Waals surface area contributed by atoms with Crippen LogP contribution in [0, 0.1) is 0 Å². The van der Waals surface area contributed by atoms with Gasteiger partial charge >= 0.3 is 0 Å². The molecule has 56 valence electrons. The second kappa shape index (κ2) is 2.19. The molecule has 0 saturated carbocycles. The van der Waals surface area contributed by atoms with E-state index in [-0.39, 0.29) is 0 Å². The number of hydrogen-bond donors (Lipinski definition) is 1. The third-order valence-electron chi connectivity index (χ3n) is 1.41. The normalized spacial score (nSPS) is 10.3. The van der Waals surface area contributed by atoms with E-state index in [9.17, 15) is 0 Å². The van der Waals surface area contributed by atoms with Crippen molar-refractivity contribution < 1.29 is 0 Å². The van der Waals surface area contributed by atoms with Crippen LogP contribution in [0.4, 0.5) is 5.82 Å². The number of anilines is 1. The Balaban J connectivity index is 2.76. The van der Waals surface area contributed by atoms with E-state index in [2.05, 4.69) is 20.4 Å². The standard InChI is InChI=1S/C6H7N5/c1-7-5-4-9-6-8-2-3-10-11(5)6/h2-4,7H,1H3. The number of aromatic nitrogens is 4. The zero-order valence-corrected chi connectivity index (χ0v) is 6.02. The molecule has 0 aromatic carbocycles. The van der Waals surface area contributed by atoms with Crippen LogP contribution < -0.4 is 5.32 Å². The third-order valence-corrected chi connectivity index (χ3v) is 1.41. The molecule has 0 saturated heterocycles. The van der Waals surface area contributed by atoms with E-state index in [1.54, 1.807) is 23.1 Å². The largest absolute Gasteiger partial charge is 0.372 e. The van der Waals surface area contributed by atoms with Crippen LogP contribution in [-0.2, 0) is 0 Å². The number of fused-ring (bicyclic) bond motifs is 1. The fourth-order valence-corrected chi connectivity index (χ4v) is 0.905. The first-order valence-electron chi connectivity index (χ1n) is 3.24. The Morgan fingerprint density at radius 1 is 1.36 bits per heavy atom. The maximum absolute atomic E-state index is 4.04. The molecular weight excluding hydrogens is 142 g/mol. The quantitative estimate of drug-likeness (QED) is 0.627. The summed E-state index contributed by atoms with van der Waals surface area (Å²) < 4.78 is 1.64. The van der Waals surface area contributed by atoms with Crippen molar-refractivity contribution in [3.63, 3.8) is 0 Å². The van der Waals surface area contributed by atoms with Crippen LogP contribution in [0.25, 0.3) is 5.78 Å². The van der Waals surface area contributed by atoms with Crippen LogP contribution in [0.3, 0.4) is 0 Å². The SMILES string of the molecule is CNc1cnc2nccnn12. The van der Waals surface area contributed by atoms with Crippen LogP contribution >= 0.6 is 0 Å². The van der Waals surface area contributed by atoms with Gasteiger partial charge in [-0.15, -0.1) is 0 Å². The molecule has 5 nitrogen and oxygen atoms in total. The summed E-state index contributed by atoms with van der Waals surface area (Å²) in [6, 6.07) is 0. The Morgan fingerprint density at radius 2 is 2.27 bits per heavy atom. The molecule has 2 aromatic rings. The van der Waals surface area contributed by atoms with Crippen molar-refractivity contribution in [3.8, 4) is 0 Å². The monoisotopic (exact) mass is 149 g/mol. The van der Waals surface area contributed by atoms with Crippen LogP contribution in [0.1, 0.15) is 0 Å². The van der Waals surface area contributed by atoms with E-state index in [4.69, 9.17) is 0 Å². The smallest absolute Gasteiger partial charge is 0.252 e. The maximum atomic E-state index is 4.04. The molecule has 0 atom stereocenters. The summed E-state index contributed by atoms with van der Waals surface area (Å²) in [6.45, 7) is 0. The highest BCUT2D eigenvalue weighted by Crippen LogP contribution is 2.04. The van der Waals surface area contributed by atoms with Gasteiger partial charge in [0.25, 0.3) is 5.78 Å². The van der Waals surface area contributed by atoms with Gasteiger partial charge in [-0.3, -0.25) is 0 Å². The topological polar surface area (TPSA) is 55.1 Å². The molecule has 0 unspecified atom stereocenters. The summed E-state index contributed by atoms with van der Waals surface area (Å²) >= 11 is 0. The van der Waals surface area contributed by atoms with E-state index < -0.39 is 0 Å². The van der Waals surface area contributed by atoms with Crippen molar-refractivity contribution in [2.45, 2.75) is 0 Å². The lowest BCUT2D eigenvalue weighted by molar-refractivity contribution is 0.906. The molecule has 0 amide bonds. The van der Waals surface area contributed by atoms with Gasteiger partial charge in [0.05, 0.1) is 18.6 Å². The van der Waals surface area contributed by atoms with Crippen molar-refractivity contribution in [2.75, 3.05) is 12.4 Å². The van der Waals surface area contributed by atoms with E-state index >= 15 is 0 Å². The van der Waals surface area contributed by atoms with E-state index in [0.717, 1.165) is 5.82 Å². The molecule has 0 spiro atoms. The molecule has 1 N–H and O–H groups in total. The zero-order chi connectivity index (χ0) is 7.68. The number of nitrogens with zero attached hydrogens (tertiary/aromatic N) is 4. The summed E-state index contributed by atoms with van der Waals surface area (Å²) in [5, 5.41) is 6.99. The lowest BCUT2D eigenvalue weighted by Gasteiger charge is -1.95. The summed E-state index contributed by atoms with van der Waals surface area (Å²) in [6.07, 6.45) is 4.92. The number of hydrogen-bond acceptors (Lipinski definition) is 4. The molecule has 0 aliphatic heterocycles. The molecule has 0 fully saturated rings. The first-order chi connectivity index (χ1) is 5.42. The average Bonchev–Trinajstić information content (AvgIpc) is 2.47. The Bertz CT molecular complexity index is 366. The van der Waals surface area contributed by atoms with Crippen molar-refractivity contribution >= 4 is 11.6 Å². The van der Waals surface area contributed by atoms with Gasteiger partial charge in [0.1, 0.15) is 5.82 Å². The van der Waals surface area contributed by atoms with Crippen LogP contribution in [0.15, 0.2) is 18.6 Å². The van der Waals surface area contributed by atoms with Crippen molar-refractivity contribution in [2.24, 2.45) is 0 Å². The molecule has 2 heterocycles. The predicted octanol–water partition coefficient (Wildman–Crippen LogP) is 0.166. The summed E-state index contributed by atoms with van der Waals surface area (Å²) in [5.41, 5.74) is 0. The third kappa shape index (κ3) is 0.813. The minimum Gasteiger partial charge on any atom is -0.372 e. The predicted molar refractivity (Wildman–Crippen MR) is 40.3 cm³/mol. The van der Waals surface area contributed by atoms with Crippen molar-refractivity contribution in [1.82, 2.24) is 19.6 Å². The maximum Gasteiger partial charge on any atom is 0.252 e. The van der Waals surface area contributed by atoms with Gasteiger partial charge in [0.2, 0.25) is 0 Å². The van der Waals surface area contributed by atoms with Crippen molar-refractivity contribution in [1.29, 1.82) is 0 Å². The van der Waals surface area contributed by atoms with Gasteiger partial charge < -0.3 is 5.32 Å². The minimum atomic E-state index is 0.608. The van der Waals surface area contributed by atoms with Gasteiger partial charge in [0, 0.05) is 7.05 Å². The zero-order valence-electron chi connectivity index (χ0n) is 6.02. The Kier molecular flexibility index (Phi) is 1.21. The lowest BCUT2D eigenvalue weighted by Crippen LogP contribution is -1.97. The molecular formula is C6H7N5.